The molecule has 0 unspecified atom stereocenters. The van der Waals surface area contributed by atoms with Gasteiger partial charge in [0, 0.05) is 38.1 Å². The van der Waals surface area contributed by atoms with E-state index in [0.717, 1.165) is 52.4 Å². The number of hydrogen-bond acceptors (Lipinski definition) is 5. The number of nitrogens with zero attached hydrogens (tertiary/aromatic N) is 6. The van der Waals surface area contributed by atoms with Crippen LogP contribution in [0, 0.1) is 0 Å². The number of rotatable bonds is 0. The van der Waals surface area contributed by atoms with Crippen molar-refractivity contribution < 1.29 is 4.74 Å². The van der Waals surface area contributed by atoms with Crippen LogP contribution in [0.5, 0.6) is 5.88 Å². The van der Waals surface area contributed by atoms with Crippen molar-refractivity contribution in [3.05, 3.63) is 47.5 Å². The van der Waals surface area contributed by atoms with Crippen LogP contribution in [-0.2, 0) is 20.6 Å². The molecule has 30 heavy (non-hydrogen) atoms. The molecule has 0 aliphatic carbocycles. The Morgan fingerprint density at radius 1 is 1.07 bits per heavy atom. The van der Waals surface area contributed by atoms with E-state index in [1.54, 1.807) is 4.68 Å². The smallest absolute Gasteiger partial charge is 0.219 e. The maximum atomic E-state index is 6.35. The highest BCUT2D eigenvalue weighted by atomic mass is 16.5. The van der Waals surface area contributed by atoms with Crippen LogP contribution in [0.3, 0.4) is 0 Å². The molecule has 0 spiro atoms. The number of aromatic nitrogens is 6. The van der Waals surface area contributed by atoms with Crippen molar-refractivity contribution in [3.8, 4) is 17.0 Å². The fourth-order valence-corrected chi connectivity index (χ4v) is 4.10. The second-order valence-electron chi connectivity index (χ2n) is 7.99. The molecule has 1 N–H and O–H groups in total. The Hall–Kier alpha value is -3.39. The molecule has 1 aromatic carbocycles. The number of ether oxygens (including phenoxy) is 1. The van der Waals surface area contributed by atoms with Crippen LogP contribution in [-0.4, -0.2) is 54.4 Å². The van der Waals surface area contributed by atoms with Gasteiger partial charge in [-0.1, -0.05) is 6.07 Å². The summed E-state index contributed by atoms with van der Waals surface area (Å²) in [5, 5.41) is 17.6. The lowest BCUT2D eigenvalue weighted by Crippen LogP contribution is -2.31. The average molecular weight is 403 g/mol. The van der Waals surface area contributed by atoms with Gasteiger partial charge in [0.1, 0.15) is 6.10 Å². The summed E-state index contributed by atoms with van der Waals surface area (Å²) in [7, 11) is 5.98. The summed E-state index contributed by atoms with van der Waals surface area (Å²) in [6.07, 6.45) is 7.93. The number of fused-ring (bicyclic) bond motifs is 4. The van der Waals surface area contributed by atoms with Crippen LogP contribution >= 0.6 is 0 Å². The molecule has 5 rings (SSSR count). The quantitative estimate of drug-likeness (QED) is 0.488. The first-order chi connectivity index (χ1) is 14.5. The van der Waals surface area contributed by atoms with E-state index in [1.807, 2.05) is 37.2 Å². The van der Waals surface area contributed by atoms with Crippen molar-refractivity contribution in [3.63, 3.8) is 0 Å². The predicted molar refractivity (Wildman–Crippen MR) is 117 cm³/mol. The van der Waals surface area contributed by atoms with Crippen LogP contribution in [0.15, 0.2) is 30.6 Å². The Morgan fingerprint density at radius 2 is 1.90 bits per heavy atom. The van der Waals surface area contributed by atoms with Crippen LogP contribution < -0.4 is 4.74 Å². The zero-order valence-corrected chi connectivity index (χ0v) is 17.6. The molecular formula is C22H25N7O. The Bertz CT molecular complexity index is 1250. The summed E-state index contributed by atoms with van der Waals surface area (Å²) in [5.74, 6) is 0.771. The van der Waals surface area contributed by atoms with Crippen LogP contribution in [0.4, 0.5) is 0 Å². The van der Waals surface area contributed by atoms with Gasteiger partial charge in [0.15, 0.2) is 0 Å². The molecule has 1 aliphatic rings. The molecular weight excluding hydrogens is 378 g/mol. The molecule has 0 saturated heterocycles. The number of nitrogens with one attached hydrogen (secondary N) is 1. The third-order valence-electron chi connectivity index (χ3n) is 5.57. The Labute approximate surface area is 174 Å². The van der Waals surface area contributed by atoms with Crippen LogP contribution in [0.2, 0.25) is 0 Å². The topological polar surface area (TPSA) is 76.8 Å². The van der Waals surface area contributed by atoms with Gasteiger partial charge in [-0.05, 0) is 43.8 Å². The van der Waals surface area contributed by atoms with Crippen molar-refractivity contribution in [2.75, 3.05) is 13.6 Å². The zero-order chi connectivity index (χ0) is 20.8. The molecule has 154 valence electrons. The summed E-state index contributed by atoms with van der Waals surface area (Å²) in [6.45, 7) is 3.65. The maximum absolute atomic E-state index is 6.35. The molecule has 8 heteroatoms. The number of hydrogen-bond donors (Lipinski definition) is 1. The first-order valence-corrected chi connectivity index (χ1v) is 10.0. The SMILES string of the molecule is C[C@H]1CN(C)Cc2cnn(C)c2/C=C/c2n[nH]c3ccc(cc23)-c2cnn(C)c2O1. The van der Waals surface area contributed by atoms with Crippen molar-refractivity contribution >= 4 is 23.1 Å². The van der Waals surface area contributed by atoms with E-state index in [2.05, 4.69) is 63.5 Å². The molecule has 0 saturated carbocycles. The molecule has 4 aromatic rings. The molecule has 1 atom stereocenters. The summed E-state index contributed by atoms with van der Waals surface area (Å²) in [6, 6.07) is 6.27. The average Bonchev–Trinajstić information content (AvgIpc) is 3.38. The highest BCUT2D eigenvalue weighted by Crippen LogP contribution is 2.33. The second-order valence-corrected chi connectivity index (χ2v) is 7.99. The summed E-state index contributed by atoms with van der Waals surface area (Å²) in [4.78, 5) is 2.25. The summed E-state index contributed by atoms with van der Waals surface area (Å²) >= 11 is 0. The summed E-state index contributed by atoms with van der Waals surface area (Å²) in [5.41, 5.74) is 6.16. The van der Waals surface area contributed by atoms with Gasteiger partial charge in [0.25, 0.3) is 0 Å². The molecule has 0 amide bonds. The Balaban J connectivity index is 1.69. The lowest BCUT2D eigenvalue weighted by Gasteiger charge is -2.22. The first-order valence-electron chi connectivity index (χ1n) is 10.0. The number of aromatic amines is 1. The molecule has 0 fully saturated rings. The number of likely N-dealkylation sites (N-methyl/N-ethyl adjacent to an activating group) is 1. The fourth-order valence-electron chi connectivity index (χ4n) is 4.10. The highest BCUT2D eigenvalue weighted by Gasteiger charge is 2.19. The third kappa shape index (κ3) is 3.19. The van der Waals surface area contributed by atoms with Crippen molar-refractivity contribution in [2.45, 2.75) is 19.6 Å². The van der Waals surface area contributed by atoms with E-state index in [0.29, 0.717) is 0 Å². The third-order valence-corrected chi connectivity index (χ3v) is 5.57. The largest absolute Gasteiger partial charge is 0.473 e. The van der Waals surface area contributed by atoms with Gasteiger partial charge < -0.3 is 4.74 Å². The van der Waals surface area contributed by atoms with Gasteiger partial charge >= 0.3 is 0 Å². The molecule has 8 nitrogen and oxygen atoms in total. The number of aryl methyl sites for hydroxylation is 2. The fraction of sp³-hybridized carbons (Fsp3) is 0.318. The molecule has 3 aromatic heterocycles. The minimum atomic E-state index is -0.00170. The minimum Gasteiger partial charge on any atom is -0.473 e. The summed E-state index contributed by atoms with van der Waals surface area (Å²) < 4.78 is 10.1. The van der Waals surface area contributed by atoms with Gasteiger partial charge in [-0.2, -0.15) is 15.3 Å². The van der Waals surface area contributed by atoms with E-state index < -0.39 is 0 Å². The van der Waals surface area contributed by atoms with Gasteiger partial charge in [0.2, 0.25) is 5.88 Å². The minimum absolute atomic E-state index is 0.00170. The monoisotopic (exact) mass is 403 g/mol. The van der Waals surface area contributed by atoms with E-state index in [9.17, 15) is 0 Å². The standard InChI is InChI=1S/C22H25N7O/c1-14-12-27(2)13-16-10-23-28(3)21(16)8-7-20-17-9-15(5-6-19(17)25-26-20)18-11-24-29(4)22(18)30-14/h5-11,14H,12-13H2,1-4H3,(H,25,26)/b8-7+/t14-/m0/s1. The molecule has 1 aliphatic heterocycles. The van der Waals surface area contributed by atoms with Crippen LogP contribution in [0.1, 0.15) is 23.9 Å². The van der Waals surface area contributed by atoms with E-state index in [4.69, 9.17) is 4.74 Å². The normalized spacial score (nSPS) is 18.5. The second kappa shape index (κ2) is 7.14. The van der Waals surface area contributed by atoms with Crippen LogP contribution in [0.25, 0.3) is 34.2 Å². The van der Waals surface area contributed by atoms with E-state index in [-0.39, 0.29) is 6.10 Å². The Morgan fingerprint density at radius 3 is 2.77 bits per heavy atom. The van der Waals surface area contributed by atoms with Gasteiger partial charge in [-0.3, -0.25) is 14.7 Å². The van der Waals surface area contributed by atoms with E-state index >= 15 is 0 Å². The molecule has 0 radical (unpaired) electrons. The molecule has 4 heterocycles. The van der Waals surface area contributed by atoms with E-state index in [1.165, 1.54) is 5.56 Å². The maximum Gasteiger partial charge on any atom is 0.219 e. The Kier molecular flexibility index (Phi) is 4.43. The number of benzene rings is 1. The van der Waals surface area contributed by atoms with Gasteiger partial charge in [0.05, 0.1) is 34.9 Å². The van der Waals surface area contributed by atoms with Gasteiger partial charge in [-0.25, -0.2) is 4.68 Å². The zero-order valence-electron chi connectivity index (χ0n) is 17.6. The number of H-pyrrole nitrogens is 1. The van der Waals surface area contributed by atoms with Crippen molar-refractivity contribution in [1.29, 1.82) is 0 Å². The predicted octanol–water partition coefficient (Wildman–Crippen LogP) is 3.08. The lowest BCUT2D eigenvalue weighted by molar-refractivity contribution is 0.149. The van der Waals surface area contributed by atoms with Gasteiger partial charge in [-0.15, -0.1) is 0 Å². The molecule has 2 bridgehead atoms. The van der Waals surface area contributed by atoms with Crippen molar-refractivity contribution in [1.82, 2.24) is 34.7 Å². The van der Waals surface area contributed by atoms with Crippen molar-refractivity contribution in [2.24, 2.45) is 14.1 Å². The highest BCUT2D eigenvalue weighted by molar-refractivity contribution is 5.92. The first kappa shape index (κ1) is 18.6. The lowest BCUT2D eigenvalue weighted by atomic mass is 10.1.